The van der Waals surface area contributed by atoms with Crippen LogP contribution in [-0.2, 0) is 22.3 Å². The van der Waals surface area contributed by atoms with Gasteiger partial charge in [0.05, 0.1) is 0 Å². The van der Waals surface area contributed by atoms with E-state index in [1.165, 1.54) is 333 Å². The number of rotatable bonds is 59. The van der Waals surface area contributed by atoms with E-state index in [1.54, 1.807) is 0 Å². The first-order chi connectivity index (χ1) is 36.0. The molecule has 0 bridgehead atoms. The predicted molar refractivity (Wildman–Crippen MR) is 319 cm³/mol. The van der Waals surface area contributed by atoms with E-state index in [9.17, 15) is 9.59 Å². The highest BCUT2D eigenvalue weighted by Gasteiger charge is 2.22. The van der Waals surface area contributed by atoms with E-state index in [2.05, 4.69) is 26.0 Å². The number of primary amides is 2. The molecule has 428 valence electrons. The molecule has 2 amide bonds. The number of nitrogens with two attached hydrogens (primary N) is 2. The van der Waals surface area contributed by atoms with Gasteiger partial charge in [-0.3, -0.25) is 0 Å². The molecule has 1 rings (SSSR count). The fraction of sp³-hybridized carbons (Fsp3) is 0.881. The summed E-state index contributed by atoms with van der Waals surface area (Å²) in [6, 6.07) is 6.23. The molecule has 73 heavy (non-hydrogen) atoms. The molecular formula is C67H126N2O4. The van der Waals surface area contributed by atoms with Crippen LogP contribution in [0.3, 0.4) is 0 Å². The molecule has 0 atom stereocenters. The van der Waals surface area contributed by atoms with Gasteiger partial charge in [-0.2, -0.15) is 0 Å². The molecule has 1 aromatic rings. The Morgan fingerprint density at radius 3 is 0.740 bits per heavy atom. The van der Waals surface area contributed by atoms with Crippen LogP contribution in [0.4, 0.5) is 9.59 Å². The van der Waals surface area contributed by atoms with Crippen molar-refractivity contribution >= 4 is 12.2 Å². The van der Waals surface area contributed by atoms with E-state index in [0.717, 1.165) is 37.7 Å². The quantitative estimate of drug-likeness (QED) is 0.0501. The van der Waals surface area contributed by atoms with Gasteiger partial charge in [0.1, 0.15) is 0 Å². The van der Waals surface area contributed by atoms with Crippen molar-refractivity contribution in [3.63, 3.8) is 0 Å². The number of unbranched alkanes of at least 4 members (excludes halogenated alkanes) is 52. The molecule has 0 aliphatic carbocycles. The van der Waals surface area contributed by atoms with Gasteiger partial charge in [0.2, 0.25) is 0 Å². The zero-order valence-corrected chi connectivity index (χ0v) is 49.2. The van der Waals surface area contributed by atoms with Crippen molar-refractivity contribution in [1.82, 2.24) is 0 Å². The fourth-order valence-corrected chi connectivity index (χ4v) is 11.3. The number of carbonyl (C=O) groups is 2. The molecule has 4 N–H and O–H groups in total. The third kappa shape index (κ3) is 49.1. The average Bonchev–Trinajstić information content (AvgIpc) is 3.37. The normalized spacial score (nSPS) is 11.5. The minimum absolute atomic E-state index is 0.663. The highest BCUT2D eigenvalue weighted by Crippen LogP contribution is 2.28. The number of aryl methyl sites for hydroxylation is 2. The van der Waals surface area contributed by atoms with Crippen molar-refractivity contribution in [3.05, 3.63) is 34.9 Å². The maximum atomic E-state index is 11.7. The lowest BCUT2D eigenvalue weighted by Gasteiger charge is -2.20. The van der Waals surface area contributed by atoms with Crippen molar-refractivity contribution in [2.45, 2.75) is 380 Å². The van der Waals surface area contributed by atoms with E-state index < -0.39 is 18.5 Å². The van der Waals surface area contributed by atoms with E-state index in [4.69, 9.17) is 20.9 Å². The summed E-state index contributed by atoms with van der Waals surface area (Å²) in [7, 11) is 0. The first-order valence-corrected chi connectivity index (χ1v) is 33.0. The molecule has 6 nitrogen and oxygen atoms in total. The maximum Gasteiger partial charge on any atom is 0.407 e. The molecule has 0 fully saturated rings. The number of hydrogen-bond donors (Lipinski definition) is 2. The highest BCUT2D eigenvalue weighted by atomic mass is 16.7. The Balaban J connectivity index is 2.09. The van der Waals surface area contributed by atoms with E-state index in [0.29, 0.717) is 5.56 Å². The van der Waals surface area contributed by atoms with Gasteiger partial charge in [0.15, 0.2) is 0 Å². The van der Waals surface area contributed by atoms with Gasteiger partial charge in [0, 0.05) is 5.56 Å². The summed E-state index contributed by atoms with van der Waals surface area (Å²) < 4.78 is 10.5. The Labute approximate surface area is 455 Å². The van der Waals surface area contributed by atoms with Crippen LogP contribution in [0.1, 0.15) is 384 Å². The van der Waals surface area contributed by atoms with Crippen LogP contribution >= 0.6 is 0 Å². The first kappa shape index (κ1) is 68.8. The van der Waals surface area contributed by atoms with Crippen LogP contribution in [0, 0.1) is 0 Å². The third-order valence-corrected chi connectivity index (χ3v) is 16.0. The summed E-state index contributed by atoms with van der Waals surface area (Å²) in [6.07, 6.45) is 74.2. The molecule has 0 heterocycles. The molecule has 0 aliphatic heterocycles. The monoisotopic (exact) mass is 1020 g/mol. The van der Waals surface area contributed by atoms with Crippen LogP contribution in [0.5, 0.6) is 0 Å². The lowest BCUT2D eigenvalue weighted by Crippen LogP contribution is -2.25. The fourth-order valence-electron chi connectivity index (χ4n) is 11.3. The maximum absolute atomic E-state index is 11.7. The van der Waals surface area contributed by atoms with Gasteiger partial charge in [-0.1, -0.05) is 366 Å². The smallest absolute Gasteiger partial charge is 0.405 e. The Bertz CT molecular complexity index is 1290. The highest BCUT2D eigenvalue weighted by molar-refractivity contribution is 5.67. The number of ether oxygens (including phenoxy) is 2. The van der Waals surface area contributed by atoms with Gasteiger partial charge in [0.25, 0.3) is 6.29 Å². The number of benzene rings is 1. The lowest BCUT2D eigenvalue weighted by atomic mass is 9.95. The van der Waals surface area contributed by atoms with Crippen molar-refractivity contribution in [1.29, 1.82) is 0 Å². The zero-order valence-electron chi connectivity index (χ0n) is 49.2. The molecule has 0 spiro atoms. The second-order valence-electron chi connectivity index (χ2n) is 23.1. The summed E-state index contributed by atoms with van der Waals surface area (Å²) in [5, 5.41) is 0. The Morgan fingerprint density at radius 2 is 0.521 bits per heavy atom. The van der Waals surface area contributed by atoms with Gasteiger partial charge in [-0.15, -0.1) is 0 Å². The average molecular weight is 1020 g/mol. The second kappa shape index (κ2) is 56.0. The van der Waals surface area contributed by atoms with Crippen molar-refractivity contribution in [3.8, 4) is 0 Å². The summed E-state index contributed by atoms with van der Waals surface area (Å²) in [5.74, 6) is 0. The number of hydrogen-bond acceptors (Lipinski definition) is 4. The molecule has 0 aliphatic rings. The molecule has 1 aromatic carbocycles. The molecule has 0 unspecified atom stereocenters. The van der Waals surface area contributed by atoms with Gasteiger partial charge < -0.3 is 20.9 Å². The van der Waals surface area contributed by atoms with Crippen LogP contribution in [0.2, 0.25) is 0 Å². The van der Waals surface area contributed by atoms with Crippen LogP contribution in [0.25, 0.3) is 0 Å². The molecule has 0 saturated carbocycles. The largest absolute Gasteiger partial charge is 0.407 e. The lowest BCUT2D eigenvalue weighted by molar-refractivity contribution is -0.0583. The second-order valence-corrected chi connectivity index (χ2v) is 23.1. The van der Waals surface area contributed by atoms with Gasteiger partial charge >= 0.3 is 12.2 Å². The van der Waals surface area contributed by atoms with E-state index >= 15 is 0 Å². The summed E-state index contributed by atoms with van der Waals surface area (Å²) in [4.78, 5) is 23.5. The Morgan fingerprint density at radius 1 is 0.315 bits per heavy atom. The SMILES string of the molecule is CCCCCCCCCCCCCCCCCCCCCCCCCCCCCc1ccc(C(OC(N)=O)OC(N)=O)c(CCCCCCCCCCCCCCCCCCCCCCCCCCCCC)c1. The molecule has 6 heteroatoms. The molecular weight excluding hydrogens is 897 g/mol. The van der Waals surface area contributed by atoms with Crippen LogP contribution in [-0.4, -0.2) is 12.2 Å². The van der Waals surface area contributed by atoms with Crippen LogP contribution in [0.15, 0.2) is 18.2 Å². The van der Waals surface area contributed by atoms with E-state index in [-0.39, 0.29) is 0 Å². The third-order valence-electron chi connectivity index (χ3n) is 16.0. The molecule has 0 aromatic heterocycles. The van der Waals surface area contributed by atoms with Gasteiger partial charge in [-0.25, -0.2) is 9.59 Å². The van der Waals surface area contributed by atoms with Crippen molar-refractivity contribution in [2.24, 2.45) is 11.5 Å². The Hall–Kier alpha value is -2.24. The topological polar surface area (TPSA) is 105 Å². The molecule has 0 saturated heterocycles. The Kier molecular flexibility index (Phi) is 52.7. The van der Waals surface area contributed by atoms with Crippen LogP contribution < -0.4 is 11.5 Å². The van der Waals surface area contributed by atoms with Gasteiger partial charge in [-0.05, 0) is 36.8 Å². The summed E-state index contributed by atoms with van der Waals surface area (Å²) in [5.41, 5.74) is 13.7. The predicted octanol–water partition coefficient (Wildman–Crippen LogP) is 23.1. The first-order valence-electron chi connectivity index (χ1n) is 33.0. The number of amides is 2. The minimum atomic E-state index is -1.23. The summed E-state index contributed by atoms with van der Waals surface area (Å²) >= 11 is 0. The summed E-state index contributed by atoms with van der Waals surface area (Å²) in [6.45, 7) is 4.60. The zero-order chi connectivity index (χ0) is 52.6. The molecule has 0 radical (unpaired) electrons. The van der Waals surface area contributed by atoms with Crippen molar-refractivity contribution in [2.75, 3.05) is 0 Å². The van der Waals surface area contributed by atoms with E-state index in [1.807, 2.05) is 6.07 Å². The number of carbonyl (C=O) groups excluding carboxylic acids is 2. The van der Waals surface area contributed by atoms with Crippen molar-refractivity contribution < 1.29 is 19.1 Å². The minimum Gasteiger partial charge on any atom is -0.405 e. The standard InChI is InChI=1S/C67H126N2O4/c1-3-5-7-9-11-13-15-17-19-21-23-25-27-29-31-33-35-37-39-41-43-45-47-49-51-53-55-57-62-59-60-64(65(72-66(68)70)73-67(69)71)63(61-62)58-56-54-52-50-48-46-44-42-40-38-36-34-32-30-28-26-24-22-20-18-16-14-12-10-8-6-4-2/h59-61,65H,3-58H2,1-2H3,(H2,68,70)(H2,69,71).